The number of anilines is 1. The van der Waals surface area contributed by atoms with E-state index < -0.39 is 0 Å². The zero-order valence-corrected chi connectivity index (χ0v) is 15.1. The molecule has 2 aromatic carbocycles. The molecule has 0 aromatic heterocycles. The zero-order chi connectivity index (χ0) is 18.0. The van der Waals surface area contributed by atoms with Crippen LogP contribution in [0.4, 0.5) is 5.69 Å². The van der Waals surface area contributed by atoms with Gasteiger partial charge in [0.05, 0.1) is 0 Å². The van der Waals surface area contributed by atoms with E-state index in [-0.39, 0.29) is 5.91 Å². The van der Waals surface area contributed by atoms with Crippen molar-refractivity contribution in [3.05, 3.63) is 64.2 Å². The first-order valence-corrected chi connectivity index (χ1v) is 8.67. The van der Waals surface area contributed by atoms with Gasteiger partial charge in [0, 0.05) is 43.0 Å². The Morgan fingerprint density at radius 2 is 1.60 bits per heavy atom. The molecular weight excluding hydrogens is 312 g/mol. The SMILES string of the molecule is Cc1cc(N2CCN(C(=O)c3ccccc3C)CC2)c(C)cc1C=O. The highest BCUT2D eigenvalue weighted by atomic mass is 16.2. The third-order valence-electron chi connectivity index (χ3n) is 4.99. The van der Waals surface area contributed by atoms with Crippen LogP contribution in [0.1, 0.15) is 37.4 Å². The van der Waals surface area contributed by atoms with E-state index in [9.17, 15) is 9.59 Å². The molecule has 1 aliphatic heterocycles. The number of amides is 1. The molecule has 0 spiro atoms. The number of carbonyl (C=O) groups is 2. The van der Waals surface area contributed by atoms with Gasteiger partial charge in [-0.15, -0.1) is 0 Å². The van der Waals surface area contributed by atoms with Crippen LogP contribution in [0.15, 0.2) is 36.4 Å². The first-order chi connectivity index (χ1) is 12.0. The van der Waals surface area contributed by atoms with Crippen molar-refractivity contribution in [1.29, 1.82) is 0 Å². The van der Waals surface area contributed by atoms with Gasteiger partial charge in [-0.1, -0.05) is 18.2 Å². The summed E-state index contributed by atoms with van der Waals surface area (Å²) in [6.45, 7) is 9.00. The molecular formula is C21H24N2O2. The lowest BCUT2D eigenvalue weighted by Gasteiger charge is -2.37. The van der Waals surface area contributed by atoms with Crippen LogP contribution in [0.25, 0.3) is 0 Å². The summed E-state index contributed by atoms with van der Waals surface area (Å²) in [5.74, 6) is 0.113. The van der Waals surface area contributed by atoms with Gasteiger partial charge in [-0.05, 0) is 55.7 Å². The summed E-state index contributed by atoms with van der Waals surface area (Å²) >= 11 is 0. The summed E-state index contributed by atoms with van der Waals surface area (Å²) in [5.41, 5.74) is 5.81. The standard InChI is InChI=1S/C21H24N2O2/c1-15-6-4-5-7-19(15)21(25)23-10-8-22(9-11-23)20-13-16(2)18(14-24)12-17(20)3/h4-7,12-14H,8-11H2,1-3H3. The van der Waals surface area contributed by atoms with Gasteiger partial charge in [0.15, 0.2) is 0 Å². The van der Waals surface area contributed by atoms with Crippen molar-refractivity contribution in [1.82, 2.24) is 4.90 Å². The Kier molecular flexibility index (Phi) is 4.88. The van der Waals surface area contributed by atoms with Crippen LogP contribution in [0, 0.1) is 20.8 Å². The summed E-state index contributed by atoms with van der Waals surface area (Å²) in [6.07, 6.45) is 0.908. The number of hydrogen-bond acceptors (Lipinski definition) is 3. The molecule has 0 N–H and O–H groups in total. The molecule has 25 heavy (non-hydrogen) atoms. The Hall–Kier alpha value is -2.62. The molecule has 0 bridgehead atoms. The Balaban J connectivity index is 1.72. The van der Waals surface area contributed by atoms with Crippen LogP contribution >= 0.6 is 0 Å². The third-order valence-corrected chi connectivity index (χ3v) is 4.99. The first-order valence-electron chi connectivity index (χ1n) is 8.67. The predicted molar refractivity (Wildman–Crippen MR) is 101 cm³/mol. The van der Waals surface area contributed by atoms with Crippen LogP contribution in [-0.2, 0) is 0 Å². The zero-order valence-electron chi connectivity index (χ0n) is 15.1. The number of hydrogen-bond donors (Lipinski definition) is 0. The smallest absolute Gasteiger partial charge is 0.254 e. The van der Waals surface area contributed by atoms with Crippen molar-refractivity contribution in [2.45, 2.75) is 20.8 Å². The third kappa shape index (κ3) is 3.43. The molecule has 0 atom stereocenters. The van der Waals surface area contributed by atoms with E-state index in [4.69, 9.17) is 0 Å². The van der Waals surface area contributed by atoms with Crippen LogP contribution in [0.5, 0.6) is 0 Å². The van der Waals surface area contributed by atoms with Crippen molar-refractivity contribution >= 4 is 17.9 Å². The molecule has 0 radical (unpaired) electrons. The highest BCUT2D eigenvalue weighted by Gasteiger charge is 2.24. The van der Waals surface area contributed by atoms with Gasteiger partial charge >= 0.3 is 0 Å². The van der Waals surface area contributed by atoms with Crippen molar-refractivity contribution < 1.29 is 9.59 Å². The van der Waals surface area contributed by atoms with Crippen molar-refractivity contribution in [3.8, 4) is 0 Å². The highest BCUT2D eigenvalue weighted by molar-refractivity contribution is 5.95. The highest BCUT2D eigenvalue weighted by Crippen LogP contribution is 2.25. The molecule has 4 nitrogen and oxygen atoms in total. The number of nitrogens with zero attached hydrogens (tertiary/aromatic N) is 2. The Labute approximate surface area is 149 Å². The second-order valence-electron chi connectivity index (χ2n) is 6.71. The van der Waals surface area contributed by atoms with E-state index in [0.29, 0.717) is 13.1 Å². The molecule has 3 rings (SSSR count). The first kappa shape index (κ1) is 17.2. The molecule has 1 saturated heterocycles. The molecule has 130 valence electrons. The maximum absolute atomic E-state index is 12.7. The normalized spacial score (nSPS) is 14.5. The average molecular weight is 336 g/mol. The predicted octanol–water partition coefficient (Wildman–Crippen LogP) is 3.39. The lowest BCUT2D eigenvalue weighted by molar-refractivity contribution is 0.0746. The molecule has 2 aromatic rings. The van der Waals surface area contributed by atoms with Gasteiger partial charge in [0.25, 0.3) is 5.91 Å². The number of rotatable bonds is 3. The summed E-state index contributed by atoms with van der Waals surface area (Å²) < 4.78 is 0. The number of benzene rings is 2. The number of carbonyl (C=O) groups excluding carboxylic acids is 2. The lowest BCUT2D eigenvalue weighted by Crippen LogP contribution is -2.49. The van der Waals surface area contributed by atoms with Gasteiger partial charge in [-0.25, -0.2) is 0 Å². The van der Waals surface area contributed by atoms with Crippen molar-refractivity contribution in [2.75, 3.05) is 31.1 Å². The van der Waals surface area contributed by atoms with Gasteiger partial charge < -0.3 is 9.80 Å². The van der Waals surface area contributed by atoms with Crippen LogP contribution in [-0.4, -0.2) is 43.3 Å². The monoisotopic (exact) mass is 336 g/mol. The molecule has 0 aliphatic carbocycles. The second-order valence-corrected chi connectivity index (χ2v) is 6.71. The minimum absolute atomic E-state index is 0.113. The minimum Gasteiger partial charge on any atom is -0.368 e. The number of piperazine rings is 1. The molecule has 1 heterocycles. The maximum atomic E-state index is 12.7. The molecule has 1 aliphatic rings. The number of aldehydes is 1. The van der Waals surface area contributed by atoms with E-state index in [1.807, 2.05) is 56.0 Å². The van der Waals surface area contributed by atoms with Gasteiger partial charge in [0.2, 0.25) is 0 Å². The van der Waals surface area contributed by atoms with Crippen LogP contribution < -0.4 is 4.90 Å². The second kappa shape index (κ2) is 7.09. The fourth-order valence-corrected chi connectivity index (χ4v) is 3.42. The molecule has 1 fully saturated rings. The van der Waals surface area contributed by atoms with Crippen LogP contribution in [0.2, 0.25) is 0 Å². The Morgan fingerprint density at radius 1 is 0.920 bits per heavy atom. The summed E-state index contributed by atoms with van der Waals surface area (Å²) in [5, 5.41) is 0. The minimum atomic E-state index is 0.113. The maximum Gasteiger partial charge on any atom is 0.254 e. The van der Waals surface area contributed by atoms with E-state index in [2.05, 4.69) is 11.0 Å². The molecule has 1 amide bonds. The number of aryl methyl sites for hydroxylation is 3. The fraction of sp³-hybridized carbons (Fsp3) is 0.333. The quantitative estimate of drug-likeness (QED) is 0.807. The summed E-state index contributed by atoms with van der Waals surface area (Å²) in [4.78, 5) is 28.1. The topological polar surface area (TPSA) is 40.6 Å². The average Bonchev–Trinajstić information content (AvgIpc) is 2.63. The summed E-state index contributed by atoms with van der Waals surface area (Å²) in [7, 11) is 0. The van der Waals surface area contributed by atoms with Crippen molar-refractivity contribution in [2.24, 2.45) is 0 Å². The Morgan fingerprint density at radius 3 is 2.24 bits per heavy atom. The van der Waals surface area contributed by atoms with Gasteiger partial charge in [0.1, 0.15) is 6.29 Å². The molecule has 0 saturated carbocycles. The summed E-state index contributed by atoms with van der Waals surface area (Å²) in [6, 6.07) is 11.8. The van der Waals surface area contributed by atoms with E-state index in [0.717, 1.165) is 52.9 Å². The van der Waals surface area contributed by atoms with E-state index in [1.54, 1.807) is 0 Å². The molecule has 0 unspecified atom stereocenters. The largest absolute Gasteiger partial charge is 0.368 e. The van der Waals surface area contributed by atoms with Crippen molar-refractivity contribution in [3.63, 3.8) is 0 Å². The van der Waals surface area contributed by atoms with Gasteiger partial charge in [-0.2, -0.15) is 0 Å². The molecule has 4 heteroatoms. The van der Waals surface area contributed by atoms with Crippen LogP contribution in [0.3, 0.4) is 0 Å². The lowest BCUT2D eigenvalue weighted by atomic mass is 10.0. The van der Waals surface area contributed by atoms with E-state index in [1.165, 1.54) is 0 Å². The van der Waals surface area contributed by atoms with Gasteiger partial charge in [-0.3, -0.25) is 9.59 Å². The Bertz CT molecular complexity index is 806. The fourth-order valence-electron chi connectivity index (χ4n) is 3.42. The van der Waals surface area contributed by atoms with E-state index >= 15 is 0 Å².